The summed E-state index contributed by atoms with van der Waals surface area (Å²) in [5.74, 6) is -1.38. The van der Waals surface area contributed by atoms with E-state index in [1.807, 2.05) is 13.8 Å². The molecule has 16 heavy (non-hydrogen) atoms. The Morgan fingerprint density at radius 2 is 1.94 bits per heavy atom. The first-order valence-electron chi connectivity index (χ1n) is 5.76. The molecule has 0 radical (unpaired) electrons. The van der Waals surface area contributed by atoms with Gasteiger partial charge in [-0.3, -0.25) is 4.79 Å². The summed E-state index contributed by atoms with van der Waals surface area (Å²) < 4.78 is 0. The van der Waals surface area contributed by atoms with Gasteiger partial charge in [0.05, 0.1) is 0 Å². The first kappa shape index (κ1) is 14.9. The lowest BCUT2D eigenvalue weighted by Crippen LogP contribution is -2.44. The molecule has 94 valence electrons. The summed E-state index contributed by atoms with van der Waals surface area (Å²) in [4.78, 5) is 22.5. The van der Waals surface area contributed by atoms with Crippen LogP contribution in [0, 0.1) is 5.92 Å². The molecule has 0 aromatic rings. The minimum atomic E-state index is -0.967. The van der Waals surface area contributed by atoms with Gasteiger partial charge >= 0.3 is 5.97 Å². The average Bonchev–Trinajstić information content (AvgIpc) is 2.24. The standard InChI is InChI=1S/C11H22N2O3/c1-4-6-9(11(15)16)13-10(14)8(3)7-12-5-2/h8-9,12H,4-7H2,1-3H3,(H,13,14)(H,15,16)/t8?,9-/m1/s1. The minimum Gasteiger partial charge on any atom is -0.480 e. The fourth-order valence-electron chi connectivity index (χ4n) is 1.31. The van der Waals surface area contributed by atoms with E-state index in [-0.39, 0.29) is 11.8 Å². The number of rotatable bonds is 8. The maximum Gasteiger partial charge on any atom is 0.326 e. The van der Waals surface area contributed by atoms with Crippen molar-refractivity contribution in [1.29, 1.82) is 0 Å². The Hall–Kier alpha value is -1.10. The molecule has 1 unspecified atom stereocenters. The number of carbonyl (C=O) groups is 2. The van der Waals surface area contributed by atoms with Crippen molar-refractivity contribution < 1.29 is 14.7 Å². The molecule has 0 bridgehead atoms. The molecule has 0 fully saturated rings. The number of carbonyl (C=O) groups excluding carboxylic acids is 1. The molecule has 1 amide bonds. The fraction of sp³-hybridized carbons (Fsp3) is 0.818. The Labute approximate surface area is 96.6 Å². The topological polar surface area (TPSA) is 78.4 Å². The SMILES string of the molecule is CCC[C@@H](NC(=O)C(C)CNCC)C(=O)O. The number of hydrogen-bond donors (Lipinski definition) is 3. The molecular formula is C11H22N2O3. The van der Waals surface area contributed by atoms with Gasteiger partial charge in [-0.25, -0.2) is 4.79 Å². The lowest BCUT2D eigenvalue weighted by atomic mass is 10.1. The van der Waals surface area contributed by atoms with Crippen LogP contribution in [0.5, 0.6) is 0 Å². The van der Waals surface area contributed by atoms with E-state index in [2.05, 4.69) is 10.6 Å². The Kier molecular flexibility index (Phi) is 7.54. The van der Waals surface area contributed by atoms with Crippen molar-refractivity contribution in [3.05, 3.63) is 0 Å². The van der Waals surface area contributed by atoms with Crippen LogP contribution in [-0.2, 0) is 9.59 Å². The Morgan fingerprint density at radius 1 is 1.31 bits per heavy atom. The van der Waals surface area contributed by atoms with Gasteiger partial charge in [-0.15, -0.1) is 0 Å². The zero-order valence-corrected chi connectivity index (χ0v) is 10.2. The van der Waals surface area contributed by atoms with Gasteiger partial charge in [0, 0.05) is 12.5 Å². The molecule has 0 aromatic heterocycles. The van der Waals surface area contributed by atoms with Crippen molar-refractivity contribution in [2.45, 2.75) is 39.7 Å². The number of aliphatic carboxylic acids is 1. The van der Waals surface area contributed by atoms with Crippen molar-refractivity contribution in [2.75, 3.05) is 13.1 Å². The molecule has 0 aromatic carbocycles. The number of amides is 1. The van der Waals surface area contributed by atoms with Gasteiger partial charge in [0.2, 0.25) is 5.91 Å². The quantitative estimate of drug-likeness (QED) is 0.570. The molecule has 2 atom stereocenters. The first-order chi connectivity index (χ1) is 7.52. The molecule has 0 aliphatic rings. The van der Waals surface area contributed by atoms with Crippen LogP contribution >= 0.6 is 0 Å². The molecule has 0 spiro atoms. The van der Waals surface area contributed by atoms with E-state index in [1.165, 1.54) is 0 Å². The normalized spacial score (nSPS) is 14.2. The summed E-state index contributed by atoms with van der Waals surface area (Å²) in [7, 11) is 0. The van der Waals surface area contributed by atoms with Crippen LogP contribution in [-0.4, -0.2) is 36.1 Å². The average molecular weight is 230 g/mol. The Bertz CT molecular complexity index is 231. The van der Waals surface area contributed by atoms with E-state index in [0.717, 1.165) is 13.0 Å². The second-order valence-electron chi connectivity index (χ2n) is 3.90. The molecule has 5 heteroatoms. The van der Waals surface area contributed by atoms with Crippen molar-refractivity contribution in [2.24, 2.45) is 5.92 Å². The predicted octanol–water partition coefficient (Wildman–Crippen LogP) is 0.601. The second kappa shape index (κ2) is 8.10. The Morgan fingerprint density at radius 3 is 2.38 bits per heavy atom. The van der Waals surface area contributed by atoms with E-state index in [9.17, 15) is 9.59 Å². The van der Waals surface area contributed by atoms with Gasteiger partial charge in [-0.1, -0.05) is 27.2 Å². The number of hydrogen-bond acceptors (Lipinski definition) is 3. The molecule has 0 saturated heterocycles. The third kappa shape index (κ3) is 5.70. The number of carboxylic acid groups (broad SMARTS) is 1. The summed E-state index contributed by atoms with van der Waals surface area (Å²) in [5, 5.41) is 14.5. The number of carboxylic acids is 1. The predicted molar refractivity (Wildman–Crippen MR) is 62.2 cm³/mol. The zero-order chi connectivity index (χ0) is 12.6. The van der Waals surface area contributed by atoms with Crippen molar-refractivity contribution in [1.82, 2.24) is 10.6 Å². The molecule has 0 saturated carbocycles. The molecule has 0 aliphatic heterocycles. The van der Waals surface area contributed by atoms with Crippen molar-refractivity contribution in [3.8, 4) is 0 Å². The highest BCUT2D eigenvalue weighted by Crippen LogP contribution is 2.00. The second-order valence-corrected chi connectivity index (χ2v) is 3.90. The van der Waals surface area contributed by atoms with Crippen LogP contribution in [0.2, 0.25) is 0 Å². The molecule has 5 nitrogen and oxygen atoms in total. The molecule has 0 heterocycles. The van der Waals surface area contributed by atoms with Gasteiger partial charge in [0.15, 0.2) is 0 Å². The fourth-order valence-corrected chi connectivity index (χ4v) is 1.31. The zero-order valence-electron chi connectivity index (χ0n) is 10.2. The van der Waals surface area contributed by atoms with E-state index < -0.39 is 12.0 Å². The van der Waals surface area contributed by atoms with Crippen LogP contribution in [0.25, 0.3) is 0 Å². The molecular weight excluding hydrogens is 208 g/mol. The largest absolute Gasteiger partial charge is 0.480 e. The van der Waals surface area contributed by atoms with Crippen molar-refractivity contribution in [3.63, 3.8) is 0 Å². The maximum absolute atomic E-state index is 11.6. The van der Waals surface area contributed by atoms with Crippen LogP contribution < -0.4 is 10.6 Å². The monoisotopic (exact) mass is 230 g/mol. The van der Waals surface area contributed by atoms with Gasteiger partial charge in [0.1, 0.15) is 6.04 Å². The summed E-state index contributed by atoms with van der Waals surface area (Å²) in [6.07, 6.45) is 1.20. The van der Waals surface area contributed by atoms with Crippen LogP contribution in [0.4, 0.5) is 0 Å². The van der Waals surface area contributed by atoms with Crippen LogP contribution in [0.3, 0.4) is 0 Å². The van der Waals surface area contributed by atoms with E-state index >= 15 is 0 Å². The smallest absolute Gasteiger partial charge is 0.326 e. The Balaban J connectivity index is 4.12. The summed E-state index contributed by atoms with van der Waals surface area (Å²) >= 11 is 0. The highest BCUT2D eigenvalue weighted by molar-refractivity contribution is 5.84. The van der Waals surface area contributed by atoms with E-state index in [4.69, 9.17) is 5.11 Å². The van der Waals surface area contributed by atoms with Crippen LogP contribution in [0.1, 0.15) is 33.6 Å². The van der Waals surface area contributed by atoms with Crippen LogP contribution in [0.15, 0.2) is 0 Å². The highest BCUT2D eigenvalue weighted by atomic mass is 16.4. The third-order valence-electron chi connectivity index (χ3n) is 2.34. The first-order valence-corrected chi connectivity index (χ1v) is 5.76. The van der Waals surface area contributed by atoms with Crippen molar-refractivity contribution >= 4 is 11.9 Å². The molecule has 3 N–H and O–H groups in total. The number of nitrogens with one attached hydrogen (secondary N) is 2. The minimum absolute atomic E-state index is 0.207. The summed E-state index contributed by atoms with van der Waals surface area (Å²) in [5.41, 5.74) is 0. The lowest BCUT2D eigenvalue weighted by Gasteiger charge is -2.17. The maximum atomic E-state index is 11.6. The molecule has 0 rings (SSSR count). The molecule has 0 aliphatic carbocycles. The van der Waals surface area contributed by atoms with Gasteiger partial charge in [0.25, 0.3) is 0 Å². The van der Waals surface area contributed by atoms with Gasteiger partial charge in [-0.2, -0.15) is 0 Å². The van der Waals surface area contributed by atoms with E-state index in [0.29, 0.717) is 13.0 Å². The lowest BCUT2D eigenvalue weighted by molar-refractivity contribution is -0.142. The van der Waals surface area contributed by atoms with Gasteiger partial charge in [-0.05, 0) is 13.0 Å². The van der Waals surface area contributed by atoms with Gasteiger partial charge < -0.3 is 15.7 Å². The highest BCUT2D eigenvalue weighted by Gasteiger charge is 2.21. The summed E-state index contributed by atoms with van der Waals surface area (Å²) in [6, 6.07) is -0.762. The third-order valence-corrected chi connectivity index (χ3v) is 2.34. The summed E-state index contributed by atoms with van der Waals surface area (Å²) in [6.45, 7) is 7.00. The van der Waals surface area contributed by atoms with E-state index in [1.54, 1.807) is 6.92 Å².